The molecular weight excluding hydrogens is 493 g/mol. The number of halogens is 1. The van der Waals surface area contributed by atoms with Crippen LogP contribution in [0, 0.1) is 24.1 Å². The molecule has 5 rings (SSSR count). The number of nitrogens with one attached hydrogen (secondary N) is 3. The number of carbonyl (C=O) groups excluding carboxylic acids is 1. The van der Waals surface area contributed by atoms with Crippen molar-refractivity contribution in [3.05, 3.63) is 89.9 Å². The average molecular weight is 520 g/mol. The van der Waals surface area contributed by atoms with Gasteiger partial charge in [-0.1, -0.05) is 38.0 Å². The molecule has 0 spiro atoms. The SMILES string of the molecule is C#Cc1[nH]c(-c2n[nH]c3ccc(-c4cncc(NC(=O)CC(C)C)c4)cc23)nc1/C(=C\N)c1cccc(F)c1. The predicted molar refractivity (Wildman–Crippen MR) is 151 cm³/mol. The van der Waals surface area contributed by atoms with E-state index in [1.165, 1.54) is 18.3 Å². The van der Waals surface area contributed by atoms with Crippen LogP contribution in [0.3, 0.4) is 0 Å². The number of nitrogens with zero attached hydrogens (tertiary/aromatic N) is 3. The second-order valence-corrected chi connectivity index (χ2v) is 9.49. The van der Waals surface area contributed by atoms with Crippen LogP contribution in [-0.2, 0) is 4.79 Å². The van der Waals surface area contributed by atoms with Gasteiger partial charge in [-0.25, -0.2) is 9.37 Å². The summed E-state index contributed by atoms with van der Waals surface area (Å²) in [4.78, 5) is 24.4. The van der Waals surface area contributed by atoms with E-state index in [4.69, 9.17) is 17.1 Å². The van der Waals surface area contributed by atoms with E-state index in [2.05, 4.69) is 31.4 Å². The molecule has 0 unspecified atom stereocenters. The zero-order valence-electron chi connectivity index (χ0n) is 21.4. The fraction of sp³-hybridized carbons (Fsp3) is 0.133. The van der Waals surface area contributed by atoms with Crippen molar-refractivity contribution >= 4 is 28.1 Å². The van der Waals surface area contributed by atoms with E-state index in [-0.39, 0.29) is 11.8 Å². The Balaban J connectivity index is 1.52. The minimum atomic E-state index is -0.395. The van der Waals surface area contributed by atoms with Gasteiger partial charge in [-0.15, -0.1) is 6.42 Å². The molecule has 5 N–H and O–H groups in total. The van der Waals surface area contributed by atoms with Crippen LogP contribution in [-0.4, -0.2) is 31.1 Å². The smallest absolute Gasteiger partial charge is 0.224 e. The molecule has 0 aliphatic carbocycles. The van der Waals surface area contributed by atoms with Crippen molar-refractivity contribution in [2.24, 2.45) is 11.7 Å². The molecule has 0 aliphatic rings. The third kappa shape index (κ3) is 5.26. The van der Waals surface area contributed by atoms with Crippen LogP contribution in [0.4, 0.5) is 10.1 Å². The van der Waals surface area contributed by atoms with Gasteiger partial charge in [-0.3, -0.25) is 14.9 Å². The van der Waals surface area contributed by atoms with E-state index in [9.17, 15) is 9.18 Å². The Hall–Kier alpha value is -5.23. The number of anilines is 1. The van der Waals surface area contributed by atoms with E-state index < -0.39 is 5.82 Å². The number of terminal acetylenes is 1. The molecule has 5 aromatic rings. The van der Waals surface area contributed by atoms with Crippen LogP contribution in [0.2, 0.25) is 0 Å². The first kappa shape index (κ1) is 25.4. The molecule has 0 saturated carbocycles. The van der Waals surface area contributed by atoms with E-state index in [0.29, 0.717) is 46.2 Å². The molecule has 3 aromatic heterocycles. The van der Waals surface area contributed by atoms with Crippen molar-refractivity contribution in [1.29, 1.82) is 0 Å². The first-order chi connectivity index (χ1) is 18.9. The number of pyridine rings is 1. The van der Waals surface area contributed by atoms with E-state index in [1.54, 1.807) is 24.5 Å². The Labute approximate surface area is 224 Å². The minimum Gasteiger partial charge on any atom is -0.404 e. The van der Waals surface area contributed by atoms with Crippen LogP contribution in [0.1, 0.15) is 37.2 Å². The monoisotopic (exact) mass is 519 g/mol. The Morgan fingerprint density at radius 2 is 2.03 bits per heavy atom. The Morgan fingerprint density at radius 1 is 1.18 bits per heavy atom. The summed E-state index contributed by atoms with van der Waals surface area (Å²) in [6, 6.07) is 13.8. The molecule has 9 heteroatoms. The lowest BCUT2D eigenvalue weighted by Crippen LogP contribution is -2.13. The van der Waals surface area contributed by atoms with Gasteiger partial charge in [0.25, 0.3) is 0 Å². The van der Waals surface area contributed by atoms with E-state index in [1.807, 2.05) is 38.1 Å². The van der Waals surface area contributed by atoms with Crippen molar-refractivity contribution in [1.82, 2.24) is 25.1 Å². The van der Waals surface area contributed by atoms with Gasteiger partial charge < -0.3 is 16.0 Å². The first-order valence-corrected chi connectivity index (χ1v) is 12.3. The van der Waals surface area contributed by atoms with Crippen LogP contribution in [0.5, 0.6) is 0 Å². The summed E-state index contributed by atoms with van der Waals surface area (Å²) in [6.45, 7) is 3.99. The summed E-state index contributed by atoms with van der Waals surface area (Å²) < 4.78 is 13.9. The van der Waals surface area contributed by atoms with Gasteiger partial charge in [-0.2, -0.15) is 5.10 Å². The molecule has 0 atom stereocenters. The molecule has 0 fully saturated rings. The van der Waals surface area contributed by atoms with Gasteiger partial charge in [0.2, 0.25) is 5.91 Å². The lowest BCUT2D eigenvalue weighted by molar-refractivity contribution is -0.116. The highest BCUT2D eigenvalue weighted by Crippen LogP contribution is 2.32. The number of rotatable bonds is 7. The summed E-state index contributed by atoms with van der Waals surface area (Å²) in [6.07, 6.45) is 10.9. The molecule has 194 valence electrons. The maximum atomic E-state index is 13.9. The highest BCUT2D eigenvalue weighted by molar-refractivity contribution is 5.96. The molecule has 0 saturated heterocycles. The van der Waals surface area contributed by atoms with E-state index in [0.717, 1.165) is 22.0 Å². The molecule has 2 aromatic carbocycles. The van der Waals surface area contributed by atoms with Gasteiger partial charge in [0.15, 0.2) is 5.82 Å². The number of aromatic nitrogens is 5. The number of hydrogen-bond acceptors (Lipinski definition) is 5. The topological polar surface area (TPSA) is 125 Å². The number of carbonyl (C=O) groups is 1. The highest BCUT2D eigenvalue weighted by atomic mass is 19.1. The number of amides is 1. The Bertz CT molecular complexity index is 1760. The summed E-state index contributed by atoms with van der Waals surface area (Å²) >= 11 is 0. The average Bonchev–Trinajstić information content (AvgIpc) is 3.52. The van der Waals surface area contributed by atoms with Crippen molar-refractivity contribution in [3.63, 3.8) is 0 Å². The number of imidazole rings is 1. The quantitative estimate of drug-likeness (QED) is 0.212. The number of fused-ring (bicyclic) bond motifs is 1. The number of benzene rings is 2. The third-order valence-electron chi connectivity index (χ3n) is 6.14. The lowest BCUT2D eigenvalue weighted by Gasteiger charge is -2.09. The molecule has 3 heterocycles. The number of hydrogen-bond donors (Lipinski definition) is 4. The standard InChI is InChI=1S/C30H26FN7O/c1-4-25-28(24(14-32)19-6-5-7-21(31)11-19)36-30(35-25)29-23-13-18(8-9-26(23)37-38-29)20-12-22(16-33-15-20)34-27(39)10-17(2)3/h1,5-9,11-17H,10,32H2,2-3H3,(H,34,39)(H,35,36)(H,37,38)/b24-14-. The summed E-state index contributed by atoms with van der Waals surface area (Å²) in [5, 5.41) is 11.2. The molecule has 0 aliphatic heterocycles. The molecule has 1 amide bonds. The minimum absolute atomic E-state index is 0.0568. The lowest BCUT2D eigenvalue weighted by atomic mass is 10.0. The first-order valence-electron chi connectivity index (χ1n) is 12.3. The normalized spacial score (nSPS) is 11.6. The number of aromatic amines is 2. The van der Waals surface area contributed by atoms with Crippen molar-refractivity contribution in [3.8, 4) is 35.0 Å². The fourth-order valence-electron chi connectivity index (χ4n) is 4.38. The fourth-order valence-corrected chi connectivity index (χ4v) is 4.38. The third-order valence-corrected chi connectivity index (χ3v) is 6.14. The van der Waals surface area contributed by atoms with Crippen LogP contribution < -0.4 is 11.1 Å². The van der Waals surface area contributed by atoms with Gasteiger partial charge in [0.1, 0.15) is 22.9 Å². The second kappa shape index (κ2) is 10.6. The zero-order valence-corrected chi connectivity index (χ0v) is 21.4. The molecule has 0 radical (unpaired) electrons. The van der Waals surface area contributed by atoms with Crippen LogP contribution in [0.25, 0.3) is 39.1 Å². The molecular formula is C30H26FN7O. The van der Waals surface area contributed by atoms with Gasteiger partial charge in [-0.05, 0) is 47.4 Å². The second-order valence-electron chi connectivity index (χ2n) is 9.49. The summed E-state index contributed by atoms with van der Waals surface area (Å²) in [5.74, 6) is 2.85. The van der Waals surface area contributed by atoms with Crippen molar-refractivity contribution in [2.45, 2.75) is 20.3 Å². The van der Waals surface area contributed by atoms with Gasteiger partial charge in [0, 0.05) is 35.3 Å². The molecule has 8 nitrogen and oxygen atoms in total. The maximum absolute atomic E-state index is 13.9. The summed E-state index contributed by atoms with van der Waals surface area (Å²) in [5.41, 5.74) is 11.5. The van der Waals surface area contributed by atoms with Gasteiger partial charge in [0.05, 0.1) is 17.4 Å². The van der Waals surface area contributed by atoms with Gasteiger partial charge >= 0.3 is 0 Å². The predicted octanol–water partition coefficient (Wildman–Crippen LogP) is 5.47. The molecule has 39 heavy (non-hydrogen) atoms. The summed E-state index contributed by atoms with van der Waals surface area (Å²) in [7, 11) is 0. The van der Waals surface area contributed by atoms with Crippen molar-refractivity contribution < 1.29 is 9.18 Å². The number of H-pyrrole nitrogens is 2. The Kier molecular flexibility index (Phi) is 6.93. The zero-order chi connectivity index (χ0) is 27.5. The van der Waals surface area contributed by atoms with Crippen LogP contribution >= 0.6 is 0 Å². The largest absolute Gasteiger partial charge is 0.404 e. The highest BCUT2D eigenvalue weighted by Gasteiger charge is 2.19. The Morgan fingerprint density at radius 3 is 2.77 bits per heavy atom. The number of nitrogens with two attached hydrogens (primary N) is 1. The van der Waals surface area contributed by atoms with Crippen molar-refractivity contribution in [2.75, 3.05) is 5.32 Å². The van der Waals surface area contributed by atoms with Crippen LogP contribution in [0.15, 0.2) is 67.1 Å². The maximum Gasteiger partial charge on any atom is 0.224 e. The van der Waals surface area contributed by atoms with E-state index >= 15 is 0 Å². The molecule has 0 bridgehead atoms.